The van der Waals surface area contributed by atoms with Crippen molar-refractivity contribution in [1.82, 2.24) is 0 Å². The largest absolute Gasteiger partial charge is 0.491 e. The molecule has 0 radical (unpaired) electrons. The van der Waals surface area contributed by atoms with Gasteiger partial charge >= 0.3 is 0 Å². The summed E-state index contributed by atoms with van der Waals surface area (Å²) in [5, 5.41) is 9.59. The molecule has 0 spiro atoms. The smallest absolute Gasteiger partial charge is 0.123 e. The Morgan fingerprint density at radius 2 is 1.78 bits per heavy atom. The number of hydrogen-bond donors (Lipinski definition) is 1. The van der Waals surface area contributed by atoms with Gasteiger partial charge in [-0.1, -0.05) is 36.7 Å². The summed E-state index contributed by atoms with van der Waals surface area (Å²) in [5.41, 5.74) is 0. The summed E-state index contributed by atoms with van der Waals surface area (Å²) in [6, 6.07) is 5.77. The molecule has 1 rings (SSSR count). The Morgan fingerprint density at radius 3 is 2.28 bits per heavy atom. The van der Waals surface area contributed by atoms with Crippen LogP contribution in [-0.4, -0.2) is 22.6 Å². The molecule has 0 bridgehead atoms. The molecule has 0 saturated carbocycles. The fraction of sp³-hybridized carbons (Fsp3) is 0.571. The predicted molar refractivity (Wildman–Crippen MR) is 76.9 cm³/mol. The number of ether oxygens (including phenoxy) is 1. The second kappa shape index (κ2) is 10.3. The van der Waals surface area contributed by atoms with E-state index in [4.69, 9.17) is 4.74 Å². The van der Waals surface area contributed by atoms with E-state index < -0.39 is 6.10 Å². The molecule has 0 aliphatic rings. The van der Waals surface area contributed by atoms with E-state index in [1.54, 1.807) is 12.1 Å². The van der Waals surface area contributed by atoms with Crippen molar-refractivity contribution in [3.8, 4) is 5.75 Å². The molecule has 18 heavy (non-hydrogen) atoms. The molecule has 0 saturated heterocycles. The van der Waals surface area contributed by atoms with Crippen LogP contribution in [0.4, 0.5) is 4.39 Å². The first kappa shape index (κ1) is 17.4. The zero-order valence-electron chi connectivity index (χ0n) is 11.2. The first-order valence-corrected chi connectivity index (χ1v) is 7.20. The summed E-state index contributed by atoms with van der Waals surface area (Å²) in [7, 11) is 0. The number of alkyl halides is 1. The fourth-order valence-electron chi connectivity index (χ4n) is 1.23. The van der Waals surface area contributed by atoms with E-state index in [1.165, 1.54) is 12.1 Å². The lowest BCUT2D eigenvalue weighted by Crippen LogP contribution is -2.18. The van der Waals surface area contributed by atoms with E-state index in [1.807, 2.05) is 20.8 Å². The molecule has 1 N–H and O–H groups in total. The second-order valence-corrected chi connectivity index (χ2v) is 5.34. The van der Waals surface area contributed by atoms with Crippen molar-refractivity contribution in [3.05, 3.63) is 30.1 Å². The van der Waals surface area contributed by atoms with Crippen molar-refractivity contribution in [2.45, 2.75) is 44.5 Å². The number of aliphatic hydroxyl groups excluding tert-OH is 1. The van der Waals surface area contributed by atoms with E-state index in [2.05, 4.69) is 15.9 Å². The average Bonchev–Trinajstić information content (AvgIpc) is 2.38. The van der Waals surface area contributed by atoms with Gasteiger partial charge in [-0.15, -0.1) is 0 Å². The van der Waals surface area contributed by atoms with Crippen LogP contribution in [0, 0.1) is 5.82 Å². The molecule has 1 unspecified atom stereocenters. The van der Waals surface area contributed by atoms with E-state index in [-0.39, 0.29) is 12.4 Å². The highest BCUT2D eigenvalue weighted by Crippen LogP contribution is 2.13. The molecule has 104 valence electrons. The minimum atomic E-state index is -0.481. The first-order valence-electron chi connectivity index (χ1n) is 6.28. The number of aliphatic hydroxyl groups is 1. The monoisotopic (exact) mass is 320 g/mol. The van der Waals surface area contributed by atoms with Gasteiger partial charge in [-0.25, -0.2) is 4.39 Å². The van der Waals surface area contributed by atoms with Crippen molar-refractivity contribution in [1.29, 1.82) is 0 Å². The maximum atomic E-state index is 12.6. The maximum absolute atomic E-state index is 12.6. The van der Waals surface area contributed by atoms with Crippen LogP contribution in [0.3, 0.4) is 0 Å². The van der Waals surface area contributed by atoms with Gasteiger partial charge in [0, 0.05) is 4.83 Å². The van der Waals surface area contributed by atoms with Crippen molar-refractivity contribution >= 4 is 15.9 Å². The summed E-state index contributed by atoms with van der Waals surface area (Å²) in [6.45, 7) is 6.28. The molecule has 0 fully saturated rings. The van der Waals surface area contributed by atoms with Crippen LogP contribution in [0.15, 0.2) is 24.3 Å². The summed E-state index contributed by atoms with van der Waals surface area (Å²) in [4.78, 5) is 0.396. The molecular formula is C14H22BrFO2. The maximum Gasteiger partial charge on any atom is 0.123 e. The average molecular weight is 321 g/mol. The van der Waals surface area contributed by atoms with Gasteiger partial charge in [-0.3, -0.25) is 0 Å². The molecule has 0 aliphatic carbocycles. The number of hydrogen-bond acceptors (Lipinski definition) is 2. The van der Waals surface area contributed by atoms with Gasteiger partial charge in [0.05, 0.1) is 6.10 Å². The summed E-state index contributed by atoms with van der Waals surface area (Å²) < 4.78 is 17.9. The zero-order valence-corrected chi connectivity index (χ0v) is 12.8. The highest BCUT2D eigenvalue weighted by atomic mass is 79.9. The SMILES string of the molecule is CC.CC(Br)CC[C@H](O)COc1ccc(F)cc1. The number of benzene rings is 1. The Labute approximate surface area is 117 Å². The van der Waals surface area contributed by atoms with Gasteiger partial charge in [0.15, 0.2) is 0 Å². The Hall–Kier alpha value is -0.610. The van der Waals surface area contributed by atoms with Crippen molar-refractivity contribution in [2.24, 2.45) is 0 Å². The van der Waals surface area contributed by atoms with Crippen molar-refractivity contribution in [3.63, 3.8) is 0 Å². The Kier molecular flexibility index (Phi) is 9.98. The lowest BCUT2D eigenvalue weighted by molar-refractivity contribution is 0.0984. The fourth-order valence-corrected chi connectivity index (χ4v) is 1.49. The second-order valence-electron chi connectivity index (χ2n) is 3.78. The van der Waals surface area contributed by atoms with E-state index >= 15 is 0 Å². The minimum Gasteiger partial charge on any atom is -0.491 e. The van der Waals surface area contributed by atoms with Gasteiger partial charge < -0.3 is 9.84 Å². The summed E-state index contributed by atoms with van der Waals surface area (Å²) in [6.07, 6.45) is 1.10. The lowest BCUT2D eigenvalue weighted by Gasteiger charge is -2.12. The molecule has 0 amide bonds. The van der Waals surface area contributed by atoms with Crippen LogP contribution < -0.4 is 4.74 Å². The zero-order chi connectivity index (χ0) is 14.0. The standard InChI is InChI=1S/C12H16BrFO2.C2H6/c1-9(13)2-5-11(15)8-16-12-6-3-10(14)4-7-12;1-2/h3-4,6-7,9,11,15H,2,5,8H2,1H3;1-2H3/t9?,11-;/m0./s1. The summed E-state index contributed by atoms with van der Waals surface area (Å²) in [5.74, 6) is 0.286. The van der Waals surface area contributed by atoms with Gasteiger partial charge in [0.1, 0.15) is 18.2 Å². The molecule has 2 atom stereocenters. The van der Waals surface area contributed by atoms with Crippen molar-refractivity contribution < 1.29 is 14.2 Å². The van der Waals surface area contributed by atoms with Crippen molar-refractivity contribution in [2.75, 3.05) is 6.61 Å². The molecular weight excluding hydrogens is 299 g/mol. The quantitative estimate of drug-likeness (QED) is 0.798. The Bertz CT molecular complexity index is 301. The third-order valence-corrected chi connectivity index (χ3v) is 2.61. The van der Waals surface area contributed by atoms with E-state index in [0.29, 0.717) is 17.0 Å². The molecule has 2 nitrogen and oxygen atoms in total. The van der Waals surface area contributed by atoms with Crippen LogP contribution in [-0.2, 0) is 0 Å². The van der Waals surface area contributed by atoms with Gasteiger partial charge in [0.2, 0.25) is 0 Å². The van der Waals surface area contributed by atoms with Crippen LogP contribution in [0.25, 0.3) is 0 Å². The predicted octanol–water partition coefficient (Wildman–Crippen LogP) is 4.16. The summed E-state index contributed by atoms with van der Waals surface area (Å²) >= 11 is 3.41. The molecule has 0 aliphatic heterocycles. The molecule has 0 aromatic heterocycles. The third-order valence-electron chi connectivity index (χ3n) is 2.15. The van der Waals surface area contributed by atoms with Crippen LogP contribution in [0.5, 0.6) is 5.75 Å². The molecule has 0 heterocycles. The number of halogens is 2. The van der Waals surface area contributed by atoms with Crippen LogP contribution in [0.2, 0.25) is 0 Å². The minimum absolute atomic E-state index is 0.241. The van der Waals surface area contributed by atoms with Gasteiger partial charge in [-0.2, -0.15) is 0 Å². The Balaban J connectivity index is 0.00000137. The van der Waals surface area contributed by atoms with Gasteiger partial charge in [-0.05, 0) is 37.1 Å². The van der Waals surface area contributed by atoms with E-state index in [9.17, 15) is 9.50 Å². The number of rotatable bonds is 6. The third kappa shape index (κ3) is 8.48. The van der Waals surface area contributed by atoms with Crippen LogP contribution >= 0.6 is 15.9 Å². The normalized spacial score (nSPS) is 13.2. The van der Waals surface area contributed by atoms with Gasteiger partial charge in [0.25, 0.3) is 0 Å². The topological polar surface area (TPSA) is 29.5 Å². The van der Waals surface area contributed by atoms with Crippen LogP contribution in [0.1, 0.15) is 33.6 Å². The Morgan fingerprint density at radius 1 is 1.22 bits per heavy atom. The molecule has 1 aromatic rings. The highest BCUT2D eigenvalue weighted by Gasteiger charge is 2.07. The molecule has 1 aromatic carbocycles. The highest BCUT2D eigenvalue weighted by molar-refractivity contribution is 9.09. The van der Waals surface area contributed by atoms with E-state index in [0.717, 1.165) is 6.42 Å². The lowest BCUT2D eigenvalue weighted by atomic mass is 10.2. The first-order chi connectivity index (χ1) is 8.58. The molecule has 4 heteroatoms.